The molecule has 0 amide bonds. The van der Waals surface area contributed by atoms with Crippen molar-refractivity contribution in [2.45, 2.75) is 40.5 Å². The molecule has 0 nitrogen and oxygen atoms in total. The minimum Gasteiger partial charge on any atom is -0.0683 e. The summed E-state index contributed by atoms with van der Waals surface area (Å²) in [6.07, 6.45) is 4.32. The zero-order valence-electron chi connectivity index (χ0n) is 13.4. The summed E-state index contributed by atoms with van der Waals surface area (Å²) in [5.41, 5.74) is 5.18. The largest absolute Gasteiger partial charge is 0.0683 e. The Kier molecular flexibility index (Phi) is 6.79. The molecule has 0 aromatic heterocycles. The van der Waals surface area contributed by atoms with Crippen LogP contribution in [0.4, 0.5) is 0 Å². The van der Waals surface area contributed by atoms with Gasteiger partial charge in [0.15, 0.2) is 0 Å². The average molecular weight is 266 g/mol. The van der Waals surface area contributed by atoms with Gasteiger partial charge >= 0.3 is 0 Å². The SMILES string of the molecule is CC.Cc1ccc(/C=C/c2ccc(C(C)C)cc2)cc1. The molecule has 0 bridgehead atoms. The van der Waals surface area contributed by atoms with Crippen molar-refractivity contribution < 1.29 is 0 Å². The van der Waals surface area contributed by atoms with Crippen molar-refractivity contribution in [3.05, 3.63) is 70.8 Å². The van der Waals surface area contributed by atoms with Crippen LogP contribution in [0.2, 0.25) is 0 Å². The zero-order chi connectivity index (χ0) is 15.0. The van der Waals surface area contributed by atoms with Gasteiger partial charge in [0.1, 0.15) is 0 Å². The van der Waals surface area contributed by atoms with Crippen LogP contribution in [0.3, 0.4) is 0 Å². The molecule has 106 valence electrons. The Morgan fingerprint density at radius 3 is 1.50 bits per heavy atom. The summed E-state index contributed by atoms with van der Waals surface area (Å²) in [5, 5.41) is 0. The van der Waals surface area contributed by atoms with Crippen molar-refractivity contribution in [3.63, 3.8) is 0 Å². The zero-order valence-corrected chi connectivity index (χ0v) is 13.4. The number of benzene rings is 2. The Hall–Kier alpha value is -1.82. The summed E-state index contributed by atoms with van der Waals surface area (Å²) in [6, 6.07) is 17.4. The van der Waals surface area contributed by atoms with E-state index in [0.717, 1.165) is 0 Å². The molecule has 0 aliphatic heterocycles. The topological polar surface area (TPSA) is 0 Å². The Labute approximate surface area is 124 Å². The highest BCUT2D eigenvalue weighted by Gasteiger charge is 1.97. The van der Waals surface area contributed by atoms with Gasteiger partial charge in [-0.3, -0.25) is 0 Å². The van der Waals surface area contributed by atoms with Crippen LogP contribution in [0.15, 0.2) is 48.5 Å². The van der Waals surface area contributed by atoms with Crippen LogP contribution in [0.1, 0.15) is 55.9 Å². The highest BCUT2D eigenvalue weighted by Crippen LogP contribution is 2.16. The Morgan fingerprint density at radius 1 is 0.700 bits per heavy atom. The minimum atomic E-state index is 0.597. The predicted octanol–water partition coefficient (Wildman–Crippen LogP) is 6.32. The number of hydrogen-bond acceptors (Lipinski definition) is 0. The van der Waals surface area contributed by atoms with E-state index >= 15 is 0 Å². The van der Waals surface area contributed by atoms with Gasteiger partial charge in [0.2, 0.25) is 0 Å². The molecular formula is C20H26. The quantitative estimate of drug-likeness (QED) is 0.571. The van der Waals surface area contributed by atoms with Gasteiger partial charge in [0, 0.05) is 0 Å². The first-order chi connectivity index (χ1) is 9.65. The van der Waals surface area contributed by atoms with Crippen LogP contribution in [0.5, 0.6) is 0 Å². The molecule has 0 saturated heterocycles. The van der Waals surface area contributed by atoms with E-state index in [9.17, 15) is 0 Å². The van der Waals surface area contributed by atoms with Crippen molar-refractivity contribution in [2.24, 2.45) is 0 Å². The molecule has 0 N–H and O–H groups in total. The third-order valence-corrected chi connectivity index (χ3v) is 3.15. The third kappa shape index (κ3) is 5.05. The highest BCUT2D eigenvalue weighted by atomic mass is 14.0. The van der Waals surface area contributed by atoms with Crippen LogP contribution >= 0.6 is 0 Å². The standard InChI is InChI=1S/C18H20.C2H6/c1-14(2)18-12-10-17(11-13-18)9-8-16-6-4-15(3)5-7-16;1-2/h4-14H,1-3H3;1-2H3/b9-8+;. The second kappa shape index (κ2) is 8.37. The summed E-state index contributed by atoms with van der Waals surface area (Å²) in [7, 11) is 0. The second-order valence-electron chi connectivity index (χ2n) is 5.07. The van der Waals surface area contributed by atoms with Gasteiger partial charge in [-0.25, -0.2) is 0 Å². The molecule has 0 heterocycles. The summed E-state index contributed by atoms with van der Waals surface area (Å²) in [5.74, 6) is 0.597. The van der Waals surface area contributed by atoms with E-state index in [1.165, 1.54) is 22.3 Å². The lowest BCUT2D eigenvalue weighted by atomic mass is 10.0. The molecule has 2 aromatic carbocycles. The van der Waals surface area contributed by atoms with Crippen molar-refractivity contribution in [1.82, 2.24) is 0 Å². The van der Waals surface area contributed by atoms with Crippen molar-refractivity contribution >= 4 is 12.2 Å². The van der Waals surface area contributed by atoms with E-state index in [1.807, 2.05) is 13.8 Å². The van der Waals surface area contributed by atoms with E-state index in [4.69, 9.17) is 0 Å². The van der Waals surface area contributed by atoms with Crippen LogP contribution in [-0.2, 0) is 0 Å². The smallest absolute Gasteiger partial charge is 0.0219 e. The van der Waals surface area contributed by atoms with Crippen LogP contribution < -0.4 is 0 Å². The Bertz CT molecular complexity index is 513. The van der Waals surface area contributed by atoms with E-state index in [0.29, 0.717) is 5.92 Å². The van der Waals surface area contributed by atoms with Crippen LogP contribution in [0, 0.1) is 6.92 Å². The van der Waals surface area contributed by atoms with Gasteiger partial charge < -0.3 is 0 Å². The first kappa shape index (κ1) is 16.2. The Balaban J connectivity index is 0.000000956. The maximum absolute atomic E-state index is 2.22. The van der Waals surface area contributed by atoms with E-state index in [1.54, 1.807) is 0 Å². The molecule has 0 aliphatic rings. The molecule has 0 radical (unpaired) electrons. The normalized spacial score (nSPS) is 10.5. The molecule has 0 atom stereocenters. The van der Waals surface area contributed by atoms with Gasteiger partial charge in [-0.1, -0.05) is 93.9 Å². The predicted molar refractivity (Wildman–Crippen MR) is 92.0 cm³/mol. The summed E-state index contributed by atoms with van der Waals surface area (Å²) >= 11 is 0. The average Bonchev–Trinajstić information content (AvgIpc) is 2.49. The van der Waals surface area contributed by atoms with Crippen molar-refractivity contribution in [2.75, 3.05) is 0 Å². The fourth-order valence-electron chi connectivity index (χ4n) is 1.86. The molecule has 20 heavy (non-hydrogen) atoms. The van der Waals surface area contributed by atoms with Crippen LogP contribution in [0.25, 0.3) is 12.2 Å². The van der Waals surface area contributed by atoms with Gasteiger partial charge in [0.05, 0.1) is 0 Å². The third-order valence-electron chi connectivity index (χ3n) is 3.15. The van der Waals surface area contributed by atoms with E-state index in [-0.39, 0.29) is 0 Å². The van der Waals surface area contributed by atoms with Gasteiger partial charge in [-0.05, 0) is 29.5 Å². The summed E-state index contributed by atoms with van der Waals surface area (Å²) in [6.45, 7) is 10.5. The van der Waals surface area contributed by atoms with E-state index in [2.05, 4.69) is 81.5 Å². The Morgan fingerprint density at radius 2 is 1.10 bits per heavy atom. The van der Waals surface area contributed by atoms with Gasteiger partial charge in [-0.15, -0.1) is 0 Å². The maximum atomic E-state index is 2.22. The fraction of sp³-hybridized carbons (Fsp3) is 0.300. The van der Waals surface area contributed by atoms with Gasteiger partial charge in [0.25, 0.3) is 0 Å². The first-order valence-corrected chi connectivity index (χ1v) is 7.50. The van der Waals surface area contributed by atoms with Gasteiger partial charge in [-0.2, -0.15) is 0 Å². The number of hydrogen-bond donors (Lipinski definition) is 0. The lowest BCUT2D eigenvalue weighted by Crippen LogP contribution is -1.85. The highest BCUT2D eigenvalue weighted by molar-refractivity contribution is 5.69. The number of rotatable bonds is 3. The van der Waals surface area contributed by atoms with Crippen molar-refractivity contribution in [1.29, 1.82) is 0 Å². The molecular weight excluding hydrogens is 240 g/mol. The lowest BCUT2D eigenvalue weighted by molar-refractivity contribution is 0.866. The number of aryl methyl sites for hydroxylation is 1. The summed E-state index contributed by atoms with van der Waals surface area (Å²) in [4.78, 5) is 0. The second-order valence-corrected chi connectivity index (χ2v) is 5.07. The van der Waals surface area contributed by atoms with E-state index < -0.39 is 0 Å². The monoisotopic (exact) mass is 266 g/mol. The molecule has 0 heteroatoms. The first-order valence-electron chi connectivity index (χ1n) is 7.50. The minimum absolute atomic E-state index is 0.597. The molecule has 0 fully saturated rings. The summed E-state index contributed by atoms with van der Waals surface area (Å²) < 4.78 is 0. The molecule has 0 unspecified atom stereocenters. The lowest BCUT2D eigenvalue weighted by Gasteiger charge is -2.04. The van der Waals surface area contributed by atoms with Crippen LogP contribution in [-0.4, -0.2) is 0 Å². The van der Waals surface area contributed by atoms with Crippen molar-refractivity contribution in [3.8, 4) is 0 Å². The maximum Gasteiger partial charge on any atom is -0.0219 e. The molecule has 0 saturated carbocycles. The molecule has 0 spiro atoms. The fourth-order valence-corrected chi connectivity index (χ4v) is 1.86. The molecule has 0 aliphatic carbocycles. The molecule has 2 rings (SSSR count). The molecule has 2 aromatic rings.